The van der Waals surface area contributed by atoms with E-state index >= 15 is 0 Å². The molecule has 1 aromatic rings. The molecule has 0 radical (unpaired) electrons. The quantitative estimate of drug-likeness (QED) is 0.621. The molecule has 0 amide bonds. The van der Waals surface area contributed by atoms with Gasteiger partial charge in [-0.15, -0.1) is 0 Å². The molecule has 0 spiro atoms. The van der Waals surface area contributed by atoms with Crippen molar-refractivity contribution in [3.63, 3.8) is 0 Å². The van der Waals surface area contributed by atoms with Gasteiger partial charge in [-0.3, -0.25) is 0 Å². The highest BCUT2D eigenvalue weighted by atomic mass is 19.4. The third-order valence-electron chi connectivity index (χ3n) is 1.84. The molecule has 1 atom stereocenters. The van der Waals surface area contributed by atoms with Crippen LogP contribution < -0.4 is 4.74 Å². The lowest BCUT2D eigenvalue weighted by Gasteiger charge is -2.14. The highest BCUT2D eigenvalue weighted by Crippen LogP contribution is 2.16. The summed E-state index contributed by atoms with van der Waals surface area (Å²) in [4.78, 5) is 11.1. The van der Waals surface area contributed by atoms with Gasteiger partial charge < -0.3 is 9.47 Å². The van der Waals surface area contributed by atoms with Crippen molar-refractivity contribution < 1.29 is 31.8 Å². The molecule has 7 heteroatoms. The summed E-state index contributed by atoms with van der Waals surface area (Å²) < 4.78 is 56.9. The summed E-state index contributed by atoms with van der Waals surface area (Å²) in [6.07, 6.45) is -5.79. The van der Waals surface area contributed by atoms with Crippen molar-refractivity contribution >= 4 is 5.97 Å². The summed E-state index contributed by atoms with van der Waals surface area (Å²) in [5.41, 5.74) is 0. The number of hydrogen-bond acceptors (Lipinski definition) is 3. The van der Waals surface area contributed by atoms with Crippen LogP contribution in [0.5, 0.6) is 5.75 Å². The number of carbonyl (C=O) groups excluding carboxylic acids is 1. The van der Waals surface area contributed by atoms with Crippen molar-refractivity contribution in [1.29, 1.82) is 0 Å². The number of ether oxygens (including phenoxy) is 2. The van der Waals surface area contributed by atoms with Crippen molar-refractivity contribution in [2.45, 2.75) is 19.2 Å². The van der Waals surface area contributed by atoms with E-state index in [1.165, 1.54) is 19.1 Å². The van der Waals surface area contributed by atoms with E-state index in [0.717, 1.165) is 12.1 Å². The van der Waals surface area contributed by atoms with Crippen LogP contribution in [0.3, 0.4) is 0 Å². The minimum Gasteiger partial charge on any atom is -0.479 e. The Morgan fingerprint density at radius 2 is 1.83 bits per heavy atom. The molecular formula is C11H10F4O3. The lowest BCUT2D eigenvalue weighted by molar-refractivity contribution is -0.190. The van der Waals surface area contributed by atoms with Crippen LogP contribution in [0, 0.1) is 5.82 Å². The van der Waals surface area contributed by atoms with Crippen LogP contribution >= 0.6 is 0 Å². The summed E-state index contributed by atoms with van der Waals surface area (Å²) in [5, 5.41) is 0. The fraction of sp³-hybridized carbons (Fsp3) is 0.364. The first-order chi connectivity index (χ1) is 8.28. The van der Waals surface area contributed by atoms with Gasteiger partial charge in [0.1, 0.15) is 11.6 Å². The van der Waals surface area contributed by atoms with Gasteiger partial charge in [0.25, 0.3) is 0 Å². The van der Waals surface area contributed by atoms with Crippen molar-refractivity contribution in [3.8, 4) is 5.75 Å². The number of carbonyl (C=O) groups is 1. The summed E-state index contributed by atoms with van der Waals surface area (Å²) >= 11 is 0. The van der Waals surface area contributed by atoms with Crippen molar-refractivity contribution in [2.24, 2.45) is 0 Å². The molecule has 18 heavy (non-hydrogen) atoms. The highest BCUT2D eigenvalue weighted by molar-refractivity contribution is 5.74. The molecule has 1 aromatic carbocycles. The molecule has 0 fully saturated rings. The topological polar surface area (TPSA) is 35.5 Å². The second-order valence-corrected chi connectivity index (χ2v) is 3.44. The zero-order valence-corrected chi connectivity index (χ0v) is 9.33. The van der Waals surface area contributed by atoms with Gasteiger partial charge in [-0.05, 0) is 31.2 Å². The minimum atomic E-state index is -4.58. The molecule has 0 bridgehead atoms. The third kappa shape index (κ3) is 5.03. The molecule has 1 unspecified atom stereocenters. The monoisotopic (exact) mass is 266 g/mol. The molecule has 0 saturated carbocycles. The van der Waals surface area contributed by atoms with Crippen LogP contribution in [0.4, 0.5) is 17.6 Å². The Bertz CT molecular complexity index is 400. The van der Waals surface area contributed by atoms with Crippen LogP contribution in [0.1, 0.15) is 6.92 Å². The van der Waals surface area contributed by atoms with Crippen molar-refractivity contribution in [1.82, 2.24) is 0 Å². The minimum absolute atomic E-state index is 0.160. The lowest BCUT2D eigenvalue weighted by atomic mass is 10.3. The van der Waals surface area contributed by atoms with E-state index in [-0.39, 0.29) is 5.75 Å². The zero-order chi connectivity index (χ0) is 13.8. The Morgan fingerprint density at radius 3 is 2.33 bits per heavy atom. The van der Waals surface area contributed by atoms with Crippen LogP contribution in [0.15, 0.2) is 24.3 Å². The first kappa shape index (κ1) is 14.3. The average molecular weight is 266 g/mol. The van der Waals surface area contributed by atoms with Gasteiger partial charge in [0, 0.05) is 0 Å². The Hall–Kier alpha value is -1.79. The fourth-order valence-electron chi connectivity index (χ4n) is 1.04. The van der Waals surface area contributed by atoms with Crippen molar-refractivity contribution in [2.75, 3.05) is 6.61 Å². The molecule has 0 saturated heterocycles. The number of alkyl halides is 3. The predicted molar refractivity (Wildman–Crippen MR) is 53.5 cm³/mol. The van der Waals surface area contributed by atoms with Crippen LogP contribution in [-0.4, -0.2) is 24.9 Å². The smallest absolute Gasteiger partial charge is 0.422 e. The van der Waals surface area contributed by atoms with Gasteiger partial charge in [-0.25, -0.2) is 9.18 Å². The maximum atomic E-state index is 12.6. The predicted octanol–water partition coefficient (Wildman–Crippen LogP) is 2.70. The fourth-order valence-corrected chi connectivity index (χ4v) is 1.04. The summed E-state index contributed by atoms with van der Waals surface area (Å²) in [5.74, 6) is -1.47. The van der Waals surface area contributed by atoms with E-state index in [1.807, 2.05) is 0 Å². The molecule has 0 aliphatic rings. The number of halogens is 4. The molecule has 0 aliphatic carbocycles. The van der Waals surface area contributed by atoms with E-state index in [1.54, 1.807) is 0 Å². The SMILES string of the molecule is CC(Oc1ccc(F)cc1)C(=O)OCC(F)(F)F. The Kier molecular flexibility index (Phi) is 4.52. The number of esters is 1. The maximum absolute atomic E-state index is 12.6. The Labute approximate surface area is 100 Å². The molecule has 0 N–H and O–H groups in total. The molecule has 100 valence electrons. The second kappa shape index (κ2) is 5.70. The normalized spacial score (nSPS) is 12.9. The van der Waals surface area contributed by atoms with Gasteiger partial charge in [0.05, 0.1) is 0 Å². The Balaban J connectivity index is 2.47. The third-order valence-corrected chi connectivity index (χ3v) is 1.84. The molecule has 0 aliphatic heterocycles. The molecule has 0 aromatic heterocycles. The summed E-state index contributed by atoms with van der Waals surface area (Å²) in [7, 11) is 0. The van der Waals surface area contributed by atoms with E-state index in [9.17, 15) is 22.4 Å². The van der Waals surface area contributed by atoms with E-state index < -0.39 is 30.7 Å². The first-order valence-corrected chi connectivity index (χ1v) is 4.93. The molecule has 3 nitrogen and oxygen atoms in total. The first-order valence-electron chi connectivity index (χ1n) is 4.93. The average Bonchev–Trinajstić information content (AvgIpc) is 2.28. The largest absolute Gasteiger partial charge is 0.479 e. The van der Waals surface area contributed by atoms with Crippen molar-refractivity contribution in [3.05, 3.63) is 30.1 Å². The summed E-state index contributed by atoms with van der Waals surface area (Å²) in [6.45, 7) is -0.426. The Morgan fingerprint density at radius 1 is 1.28 bits per heavy atom. The summed E-state index contributed by atoms with van der Waals surface area (Å²) in [6, 6.07) is 4.71. The molecule has 0 heterocycles. The number of rotatable bonds is 4. The van der Waals surface area contributed by atoms with Gasteiger partial charge in [0.2, 0.25) is 0 Å². The van der Waals surface area contributed by atoms with Gasteiger partial charge in [-0.1, -0.05) is 0 Å². The highest BCUT2D eigenvalue weighted by Gasteiger charge is 2.31. The second-order valence-electron chi connectivity index (χ2n) is 3.44. The number of hydrogen-bond donors (Lipinski definition) is 0. The van der Waals surface area contributed by atoms with Crippen LogP contribution in [-0.2, 0) is 9.53 Å². The van der Waals surface area contributed by atoms with Gasteiger partial charge in [0.15, 0.2) is 12.7 Å². The van der Waals surface area contributed by atoms with E-state index in [0.29, 0.717) is 0 Å². The number of benzene rings is 1. The maximum Gasteiger partial charge on any atom is 0.422 e. The standard InChI is InChI=1S/C11H10F4O3/c1-7(10(16)17-6-11(13,14)15)18-9-4-2-8(12)3-5-9/h2-5,7H,6H2,1H3. The lowest BCUT2D eigenvalue weighted by Crippen LogP contribution is -2.30. The van der Waals surface area contributed by atoms with Gasteiger partial charge >= 0.3 is 12.1 Å². The van der Waals surface area contributed by atoms with Crippen LogP contribution in [0.25, 0.3) is 0 Å². The van der Waals surface area contributed by atoms with E-state index in [2.05, 4.69) is 4.74 Å². The van der Waals surface area contributed by atoms with Crippen LogP contribution in [0.2, 0.25) is 0 Å². The van der Waals surface area contributed by atoms with Gasteiger partial charge in [-0.2, -0.15) is 13.2 Å². The van der Waals surface area contributed by atoms with E-state index in [4.69, 9.17) is 4.74 Å². The molecular weight excluding hydrogens is 256 g/mol. The molecule has 1 rings (SSSR count). The zero-order valence-electron chi connectivity index (χ0n) is 9.33.